The Kier molecular flexibility index (Phi) is 6.08. The van der Waals surface area contributed by atoms with Crippen LogP contribution in [-0.2, 0) is 0 Å². The smallest absolute Gasteiger partial charge is 0.0234 e. The number of allylic oxidation sites excluding steroid dienone is 7. The maximum Gasteiger partial charge on any atom is -0.0234 e. The Morgan fingerprint density at radius 1 is 1.25 bits per heavy atom. The van der Waals surface area contributed by atoms with Crippen LogP contribution in [0, 0.1) is 0 Å². The van der Waals surface area contributed by atoms with E-state index in [1.807, 2.05) is 32.1 Å². The molecule has 0 bridgehead atoms. The Labute approximate surface area is 76.0 Å². The molecule has 0 atom stereocenters. The van der Waals surface area contributed by atoms with Crippen molar-refractivity contribution < 1.29 is 0 Å². The van der Waals surface area contributed by atoms with Crippen LogP contribution in [0.4, 0.5) is 0 Å². The molecule has 0 aliphatic rings. The quantitative estimate of drug-likeness (QED) is 0.547. The second kappa shape index (κ2) is 6.66. The van der Waals surface area contributed by atoms with E-state index in [9.17, 15) is 0 Å². The number of hydrogen-bond donors (Lipinski definition) is 0. The van der Waals surface area contributed by atoms with Crippen molar-refractivity contribution >= 4 is 0 Å². The molecule has 12 heavy (non-hydrogen) atoms. The number of rotatable bonds is 4. The Balaban J connectivity index is 4.53. The Morgan fingerprint density at radius 2 is 1.92 bits per heavy atom. The minimum atomic E-state index is 1.01. The van der Waals surface area contributed by atoms with Crippen LogP contribution in [0.1, 0.15) is 27.2 Å². The van der Waals surface area contributed by atoms with Crippen LogP contribution >= 0.6 is 0 Å². The van der Waals surface area contributed by atoms with Crippen molar-refractivity contribution in [2.24, 2.45) is 0 Å². The highest BCUT2D eigenvalue weighted by atomic mass is 14.0. The third-order valence-corrected chi connectivity index (χ3v) is 1.65. The zero-order valence-corrected chi connectivity index (χ0v) is 8.30. The summed E-state index contributed by atoms with van der Waals surface area (Å²) >= 11 is 0. The van der Waals surface area contributed by atoms with E-state index in [4.69, 9.17) is 0 Å². The van der Waals surface area contributed by atoms with Gasteiger partial charge in [-0.25, -0.2) is 0 Å². The SMILES string of the molecule is C=C(CC)C(C=CC)=CC=CC. The lowest BCUT2D eigenvalue weighted by Gasteiger charge is -2.01. The fourth-order valence-electron chi connectivity index (χ4n) is 0.875. The minimum absolute atomic E-state index is 1.01. The third kappa shape index (κ3) is 3.97. The molecule has 0 aromatic carbocycles. The van der Waals surface area contributed by atoms with Gasteiger partial charge in [-0.05, 0) is 31.4 Å². The van der Waals surface area contributed by atoms with Crippen LogP contribution in [0.15, 0.2) is 48.1 Å². The maximum absolute atomic E-state index is 3.99. The number of hydrogen-bond acceptors (Lipinski definition) is 0. The van der Waals surface area contributed by atoms with Gasteiger partial charge in [-0.1, -0.05) is 43.9 Å². The summed E-state index contributed by atoms with van der Waals surface area (Å²) in [4.78, 5) is 0. The summed E-state index contributed by atoms with van der Waals surface area (Å²) in [5, 5.41) is 0. The van der Waals surface area contributed by atoms with Crippen molar-refractivity contribution in [1.29, 1.82) is 0 Å². The minimum Gasteiger partial charge on any atom is -0.0952 e. The predicted molar refractivity (Wildman–Crippen MR) is 57.1 cm³/mol. The molecule has 0 saturated heterocycles. The Hall–Kier alpha value is -1.04. The van der Waals surface area contributed by atoms with Gasteiger partial charge in [0.1, 0.15) is 0 Å². The summed E-state index contributed by atoms with van der Waals surface area (Å²) in [6.45, 7) is 10.1. The van der Waals surface area contributed by atoms with Crippen molar-refractivity contribution in [3.8, 4) is 0 Å². The van der Waals surface area contributed by atoms with Crippen molar-refractivity contribution in [3.05, 3.63) is 48.1 Å². The fraction of sp³-hybridized carbons (Fsp3) is 0.333. The highest BCUT2D eigenvalue weighted by molar-refractivity contribution is 5.39. The molecule has 0 unspecified atom stereocenters. The average Bonchev–Trinajstić information content (AvgIpc) is 2.11. The first kappa shape index (κ1) is 11.0. The van der Waals surface area contributed by atoms with Gasteiger partial charge in [-0.2, -0.15) is 0 Å². The molecule has 0 heteroatoms. The second-order valence-electron chi connectivity index (χ2n) is 2.60. The Morgan fingerprint density at radius 3 is 2.33 bits per heavy atom. The van der Waals surface area contributed by atoms with E-state index in [0.717, 1.165) is 6.42 Å². The molecule has 0 radical (unpaired) electrons. The molecule has 0 saturated carbocycles. The third-order valence-electron chi connectivity index (χ3n) is 1.65. The van der Waals surface area contributed by atoms with Crippen molar-refractivity contribution in [1.82, 2.24) is 0 Å². The zero-order chi connectivity index (χ0) is 9.40. The molecule has 0 aliphatic heterocycles. The van der Waals surface area contributed by atoms with Gasteiger partial charge in [0.2, 0.25) is 0 Å². The van der Waals surface area contributed by atoms with Gasteiger partial charge in [0.25, 0.3) is 0 Å². The van der Waals surface area contributed by atoms with Crippen molar-refractivity contribution in [3.63, 3.8) is 0 Å². The summed E-state index contributed by atoms with van der Waals surface area (Å²) in [6, 6.07) is 0. The largest absolute Gasteiger partial charge is 0.0952 e. The van der Waals surface area contributed by atoms with Gasteiger partial charge in [0, 0.05) is 0 Å². The van der Waals surface area contributed by atoms with Crippen LogP contribution < -0.4 is 0 Å². The van der Waals surface area contributed by atoms with E-state index in [-0.39, 0.29) is 0 Å². The molecule has 0 aromatic heterocycles. The van der Waals surface area contributed by atoms with E-state index in [1.54, 1.807) is 0 Å². The predicted octanol–water partition coefficient (Wildman–Crippen LogP) is 4.03. The van der Waals surface area contributed by atoms with Gasteiger partial charge in [0.05, 0.1) is 0 Å². The van der Waals surface area contributed by atoms with E-state index in [2.05, 4.69) is 25.7 Å². The summed E-state index contributed by atoms with van der Waals surface area (Å²) in [7, 11) is 0. The van der Waals surface area contributed by atoms with Gasteiger partial charge in [-0.3, -0.25) is 0 Å². The van der Waals surface area contributed by atoms with Crippen molar-refractivity contribution in [2.45, 2.75) is 27.2 Å². The average molecular weight is 162 g/mol. The normalized spacial score (nSPS) is 13.1. The van der Waals surface area contributed by atoms with Gasteiger partial charge in [-0.15, -0.1) is 0 Å². The first-order chi connectivity index (χ1) is 5.76. The molecule has 0 N–H and O–H groups in total. The van der Waals surface area contributed by atoms with Crippen LogP contribution in [0.3, 0.4) is 0 Å². The fourth-order valence-corrected chi connectivity index (χ4v) is 0.875. The molecule has 0 spiro atoms. The molecule has 0 rings (SSSR count). The molecule has 0 fully saturated rings. The first-order valence-corrected chi connectivity index (χ1v) is 4.40. The molecule has 0 amide bonds. The molecular formula is C12H18. The van der Waals surface area contributed by atoms with E-state index >= 15 is 0 Å². The van der Waals surface area contributed by atoms with Crippen LogP contribution in [0.2, 0.25) is 0 Å². The molecule has 0 nitrogen and oxygen atoms in total. The highest BCUT2D eigenvalue weighted by Crippen LogP contribution is 2.12. The lowest BCUT2D eigenvalue weighted by Crippen LogP contribution is -1.81. The van der Waals surface area contributed by atoms with E-state index < -0.39 is 0 Å². The first-order valence-electron chi connectivity index (χ1n) is 4.40. The van der Waals surface area contributed by atoms with Gasteiger partial charge >= 0.3 is 0 Å². The van der Waals surface area contributed by atoms with Gasteiger partial charge < -0.3 is 0 Å². The summed E-state index contributed by atoms with van der Waals surface area (Å²) in [5.74, 6) is 0. The topological polar surface area (TPSA) is 0 Å². The van der Waals surface area contributed by atoms with E-state index in [1.165, 1.54) is 11.1 Å². The zero-order valence-electron chi connectivity index (χ0n) is 8.30. The van der Waals surface area contributed by atoms with Crippen LogP contribution in [-0.4, -0.2) is 0 Å². The Bertz CT molecular complexity index is 214. The molecular weight excluding hydrogens is 144 g/mol. The summed E-state index contributed by atoms with van der Waals surface area (Å²) in [5.41, 5.74) is 2.41. The van der Waals surface area contributed by atoms with Crippen LogP contribution in [0.25, 0.3) is 0 Å². The van der Waals surface area contributed by atoms with E-state index in [0.29, 0.717) is 0 Å². The van der Waals surface area contributed by atoms with Crippen LogP contribution in [0.5, 0.6) is 0 Å². The standard InChI is InChI=1S/C12H18/c1-5-8-10-12(9-6-2)11(4)7-3/h5-6,8-10H,4,7H2,1-3H3. The summed E-state index contributed by atoms with van der Waals surface area (Å²) in [6.07, 6.45) is 11.3. The lowest BCUT2D eigenvalue weighted by molar-refractivity contribution is 1.13. The second-order valence-corrected chi connectivity index (χ2v) is 2.60. The molecule has 66 valence electrons. The highest BCUT2D eigenvalue weighted by Gasteiger charge is 1.93. The van der Waals surface area contributed by atoms with Crippen molar-refractivity contribution in [2.75, 3.05) is 0 Å². The lowest BCUT2D eigenvalue weighted by atomic mass is 10.0. The molecule has 0 heterocycles. The molecule has 0 aromatic rings. The molecule has 0 aliphatic carbocycles. The summed E-state index contributed by atoms with van der Waals surface area (Å²) < 4.78 is 0. The van der Waals surface area contributed by atoms with Gasteiger partial charge in [0.15, 0.2) is 0 Å². The monoisotopic (exact) mass is 162 g/mol. The maximum atomic E-state index is 3.99.